The molecule has 5 heteroatoms. The smallest absolute Gasteiger partial charge is 0.329 e. The Kier molecular flexibility index (Phi) is 4.33. The number of carboxylic acids is 1. The molecule has 2 rings (SSSR count). The molecule has 0 radical (unpaired) electrons. The van der Waals surface area contributed by atoms with E-state index in [9.17, 15) is 14.7 Å². The third-order valence-electron chi connectivity index (χ3n) is 3.82. The highest BCUT2D eigenvalue weighted by molar-refractivity contribution is 6.31. The van der Waals surface area contributed by atoms with E-state index in [0.717, 1.165) is 18.4 Å². The molecule has 1 saturated carbocycles. The minimum Gasteiger partial charge on any atom is -0.480 e. The van der Waals surface area contributed by atoms with Gasteiger partial charge in [-0.15, -0.1) is 0 Å². The van der Waals surface area contributed by atoms with Gasteiger partial charge in [-0.25, -0.2) is 4.79 Å². The molecule has 1 aromatic rings. The monoisotopic (exact) mass is 295 g/mol. The fraction of sp³-hybridized carbons (Fsp3) is 0.467. The molecule has 20 heavy (non-hydrogen) atoms. The van der Waals surface area contributed by atoms with Crippen LogP contribution in [-0.2, 0) is 16.0 Å². The van der Waals surface area contributed by atoms with Gasteiger partial charge in [0.05, 0.1) is 0 Å². The van der Waals surface area contributed by atoms with Gasteiger partial charge in [-0.05, 0) is 43.7 Å². The molecule has 2 N–H and O–H groups in total. The maximum Gasteiger partial charge on any atom is 0.329 e. The first-order valence-corrected chi connectivity index (χ1v) is 7.09. The second kappa shape index (κ2) is 5.83. The molecule has 108 valence electrons. The minimum atomic E-state index is -1.14. The molecule has 0 aliphatic heterocycles. The molecule has 1 atom stereocenters. The van der Waals surface area contributed by atoms with Crippen LogP contribution < -0.4 is 5.32 Å². The molecule has 4 nitrogen and oxygen atoms in total. The molecule has 1 aliphatic carbocycles. The standard InChI is InChI=1S/C15H18ClNO3/c1-15(14(19)20,11-7-8-11)17-13(18)9-6-10-4-2-3-5-12(10)16/h2-5,11H,6-9H2,1H3,(H,17,18)(H,19,20). The summed E-state index contributed by atoms with van der Waals surface area (Å²) in [6, 6.07) is 7.35. The van der Waals surface area contributed by atoms with Crippen molar-refractivity contribution in [1.82, 2.24) is 5.32 Å². The molecule has 1 amide bonds. The number of amides is 1. The van der Waals surface area contributed by atoms with Crippen molar-refractivity contribution >= 4 is 23.5 Å². The maximum atomic E-state index is 12.0. The Morgan fingerprint density at radius 1 is 1.40 bits per heavy atom. The number of carbonyl (C=O) groups excluding carboxylic acids is 1. The molecule has 1 fully saturated rings. The van der Waals surface area contributed by atoms with E-state index < -0.39 is 11.5 Å². The summed E-state index contributed by atoms with van der Waals surface area (Å²) in [5.74, 6) is -1.17. The Hall–Kier alpha value is -1.55. The van der Waals surface area contributed by atoms with E-state index in [2.05, 4.69) is 5.32 Å². The Morgan fingerprint density at radius 3 is 2.60 bits per heavy atom. The van der Waals surface area contributed by atoms with Crippen LogP contribution in [0.15, 0.2) is 24.3 Å². The van der Waals surface area contributed by atoms with Crippen LogP contribution >= 0.6 is 11.6 Å². The van der Waals surface area contributed by atoms with Crippen molar-refractivity contribution in [1.29, 1.82) is 0 Å². The Labute approximate surface area is 123 Å². The molecular weight excluding hydrogens is 278 g/mol. The van der Waals surface area contributed by atoms with Crippen LogP contribution in [0.25, 0.3) is 0 Å². The van der Waals surface area contributed by atoms with Gasteiger partial charge in [-0.3, -0.25) is 4.79 Å². The number of aliphatic carboxylic acids is 1. The SMILES string of the molecule is CC(NC(=O)CCc1ccccc1Cl)(C(=O)O)C1CC1. The summed E-state index contributed by atoms with van der Waals surface area (Å²) < 4.78 is 0. The Balaban J connectivity index is 1.92. The Morgan fingerprint density at radius 2 is 2.05 bits per heavy atom. The van der Waals surface area contributed by atoms with Gasteiger partial charge in [-0.1, -0.05) is 29.8 Å². The average Bonchev–Trinajstić information content (AvgIpc) is 3.22. The van der Waals surface area contributed by atoms with E-state index in [4.69, 9.17) is 11.6 Å². The summed E-state index contributed by atoms with van der Waals surface area (Å²) in [5.41, 5.74) is -0.245. The van der Waals surface area contributed by atoms with Gasteiger partial charge in [0, 0.05) is 11.4 Å². The Bertz CT molecular complexity index is 528. The zero-order valence-corrected chi connectivity index (χ0v) is 12.1. The number of carboxylic acid groups (broad SMARTS) is 1. The van der Waals surface area contributed by atoms with E-state index in [0.29, 0.717) is 11.4 Å². The van der Waals surface area contributed by atoms with Crippen molar-refractivity contribution in [3.8, 4) is 0 Å². The van der Waals surface area contributed by atoms with Crippen molar-refractivity contribution in [2.24, 2.45) is 5.92 Å². The number of halogens is 1. The van der Waals surface area contributed by atoms with Crippen molar-refractivity contribution in [2.75, 3.05) is 0 Å². The summed E-state index contributed by atoms with van der Waals surface area (Å²) in [7, 11) is 0. The van der Waals surface area contributed by atoms with Gasteiger partial charge in [0.2, 0.25) is 5.91 Å². The van der Waals surface area contributed by atoms with Crippen molar-refractivity contribution in [3.63, 3.8) is 0 Å². The quantitative estimate of drug-likeness (QED) is 0.848. The second-order valence-corrected chi connectivity index (χ2v) is 5.83. The molecule has 0 spiro atoms. The van der Waals surface area contributed by atoms with Crippen LogP contribution in [0, 0.1) is 5.92 Å². The van der Waals surface area contributed by atoms with E-state index in [1.54, 1.807) is 13.0 Å². The number of aryl methyl sites for hydroxylation is 1. The molecular formula is C15H18ClNO3. The first kappa shape index (κ1) is 14.9. The maximum absolute atomic E-state index is 12.0. The highest BCUT2D eigenvalue weighted by Crippen LogP contribution is 2.39. The normalized spacial score (nSPS) is 17.3. The lowest BCUT2D eigenvalue weighted by molar-refractivity contribution is -0.147. The molecule has 0 aromatic heterocycles. The molecule has 0 heterocycles. The molecule has 0 saturated heterocycles. The van der Waals surface area contributed by atoms with Crippen LogP contribution in [0.5, 0.6) is 0 Å². The number of hydrogen-bond donors (Lipinski definition) is 2. The van der Waals surface area contributed by atoms with E-state index >= 15 is 0 Å². The molecule has 1 aromatic carbocycles. The largest absolute Gasteiger partial charge is 0.480 e. The van der Waals surface area contributed by atoms with Gasteiger partial charge < -0.3 is 10.4 Å². The number of nitrogens with one attached hydrogen (secondary N) is 1. The van der Waals surface area contributed by atoms with Crippen molar-refractivity contribution in [3.05, 3.63) is 34.9 Å². The highest BCUT2D eigenvalue weighted by Gasteiger charge is 2.48. The minimum absolute atomic E-state index is 0.0456. The van der Waals surface area contributed by atoms with E-state index in [1.165, 1.54) is 0 Å². The predicted molar refractivity (Wildman–Crippen MR) is 76.7 cm³/mol. The summed E-state index contributed by atoms with van der Waals surface area (Å²) >= 11 is 6.03. The van der Waals surface area contributed by atoms with Gasteiger partial charge in [0.15, 0.2) is 0 Å². The lowest BCUT2D eigenvalue weighted by atomic mass is 9.95. The summed E-state index contributed by atoms with van der Waals surface area (Å²) in [6.45, 7) is 1.58. The average molecular weight is 296 g/mol. The summed E-state index contributed by atoms with van der Waals surface area (Å²) in [4.78, 5) is 23.3. The van der Waals surface area contributed by atoms with Crippen LogP contribution in [0.2, 0.25) is 5.02 Å². The van der Waals surface area contributed by atoms with Crippen LogP contribution in [0.1, 0.15) is 31.7 Å². The number of carbonyl (C=O) groups is 2. The van der Waals surface area contributed by atoms with Crippen molar-refractivity contribution in [2.45, 2.75) is 38.1 Å². The number of rotatable bonds is 6. The zero-order chi connectivity index (χ0) is 14.8. The van der Waals surface area contributed by atoms with Gasteiger partial charge in [0.1, 0.15) is 5.54 Å². The number of hydrogen-bond acceptors (Lipinski definition) is 2. The van der Waals surface area contributed by atoms with Crippen LogP contribution in [0.3, 0.4) is 0 Å². The fourth-order valence-electron chi connectivity index (χ4n) is 2.29. The predicted octanol–water partition coefficient (Wildman–Crippen LogP) is 2.64. The highest BCUT2D eigenvalue weighted by atomic mass is 35.5. The summed E-state index contributed by atoms with van der Waals surface area (Å²) in [6.07, 6.45) is 2.45. The number of benzene rings is 1. The van der Waals surface area contributed by atoms with Gasteiger partial charge >= 0.3 is 5.97 Å². The lowest BCUT2D eigenvalue weighted by Crippen LogP contribution is -2.54. The van der Waals surface area contributed by atoms with E-state index in [1.807, 2.05) is 18.2 Å². The molecule has 1 unspecified atom stereocenters. The third kappa shape index (κ3) is 3.31. The van der Waals surface area contributed by atoms with Crippen LogP contribution in [0.4, 0.5) is 0 Å². The molecule has 0 bridgehead atoms. The fourth-order valence-corrected chi connectivity index (χ4v) is 2.52. The van der Waals surface area contributed by atoms with Crippen LogP contribution in [-0.4, -0.2) is 22.5 Å². The topological polar surface area (TPSA) is 66.4 Å². The molecule has 1 aliphatic rings. The van der Waals surface area contributed by atoms with E-state index in [-0.39, 0.29) is 18.2 Å². The second-order valence-electron chi connectivity index (χ2n) is 5.42. The third-order valence-corrected chi connectivity index (χ3v) is 4.19. The lowest BCUT2D eigenvalue weighted by Gasteiger charge is -2.26. The van der Waals surface area contributed by atoms with Gasteiger partial charge in [-0.2, -0.15) is 0 Å². The van der Waals surface area contributed by atoms with Crippen molar-refractivity contribution < 1.29 is 14.7 Å². The first-order valence-electron chi connectivity index (χ1n) is 6.71. The van der Waals surface area contributed by atoms with Gasteiger partial charge in [0.25, 0.3) is 0 Å². The summed E-state index contributed by atoms with van der Waals surface area (Å²) in [5, 5.41) is 12.6. The first-order chi connectivity index (χ1) is 9.43. The zero-order valence-electron chi connectivity index (χ0n) is 11.4.